The molecule has 0 aromatic carbocycles. The largest absolute Gasteiger partial charge is 0.465 e. The quantitative estimate of drug-likeness (QED) is 0.802. The number of esters is 1. The van der Waals surface area contributed by atoms with Crippen molar-refractivity contribution in [3.05, 3.63) is 27.4 Å². The number of aromatic nitrogens is 2. The van der Waals surface area contributed by atoms with Crippen molar-refractivity contribution in [2.24, 2.45) is 0 Å². The van der Waals surface area contributed by atoms with E-state index in [1.165, 1.54) is 7.05 Å². The van der Waals surface area contributed by atoms with Gasteiger partial charge < -0.3 is 14.6 Å². The van der Waals surface area contributed by atoms with Crippen molar-refractivity contribution in [1.29, 1.82) is 0 Å². The molecule has 1 aliphatic carbocycles. The van der Waals surface area contributed by atoms with E-state index in [-0.39, 0.29) is 18.7 Å². The van der Waals surface area contributed by atoms with Gasteiger partial charge in [0, 0.05) is 13.0 Å². The van der Waals surface area contributed by atoms with Crippen LogP contribution in [0.3, 0.4) is 0 Å². The van der Waals surface area contributed by atoms with Gasteiger partial charge in [0.05, 0.1) is 12.3 Å². The molecular formula is C14H19N3O4. The van der Waals surface area contributed by atoms with Crippen LogP contribution in [0.15, 0.2) is 4.79 Å². The van der Waals surface area contributed by atoms with E-state index < -0.39 is 17.4 Å². The molecule has 1 aromatic heterocycles. The molecule has 7 heteroatoms. The van der Waals surface area contributed by atoms with Gasteiger partial charge in [-0.15, -0.1) is 0 Å². The van der Waals surface area contributed by atoms with E-state index in [4.69, 9.17) is 4.74 Å². The van der Waals surface area contributed by atoms with E-state index in [0.29, 0.717) is 17.4 Å². The summed E-state index contributed by atoms with van der Waals surface area (Å²) in [7, 11) is 1.45. The lowest BCUT2D eigenvalue weighted by Gasteiger charge is -2.16. The van der Waals surface area contributed by atoms with Crippen molar-refractivity contribution >= 4 is 11.9 Å². The minimum Gasteiger partial charge on any atom is -0.465 e. The summed E-state index contributed by atoms with van der Waals surface area (Å²) in [6, 6.07) is 0. The van der Waals surface area contributed by atoms with Crippen LogP contribution in [-0.4, -0.2) is 46.9 Å². The Morgan fingerprint density at radius 2 is 2.10 bits per heavy atom. The number of rotatable bonds is 5. The Bertz CT molecular complexity index is 619. The van der Waals surface area contributed by atoms with Gasteiger partial charge in [-0.1, -0.05) is 0 Å². The highest BCUT2D eigenvalue weighted by atomic mass is 16.5. The fraction of sp³-hybridized carbons (Fsp3) is 0.571. The summed E-state index contributed by atoms with van der Waals surface area (Å²) >= 11 is 0. The molecule has 1 fully saturated rings. The highest BCUT2D eigenvalue weighted by molar-refractivity contribution is 5.96. The van der Waals surface area contributed by atoms with Crippen LogP contribution in [0.1, 0.15) is 47.6 Å². The predicted octanol–water partition coefficient (Wildman–Crippen LogP) is 0.591. The molecule has 0 saturated heterocycles. The van der Waals surface area contributed by atoms with Crippen LogP contribution in [0, 0.1) is 6.92 Å². The van der Waals surface area contributed by atoms with Gasteiger partial charge in [-0.3, -0.25) is 14.4 Å². The van der Waals surface area contributed by atoms with Crippen LogP contribution in [0.5, 0.6) is 0 Å². The fourth-order valence-corrected chi connectivity index (χ4v) is 2.07. The Kier molecular flexibility index (Phi) is 4.40. The lowest BCUT2D eigenvalue weighted by atomic mass is 10.2. The molecule has 114 valence electrons. The van der Waals surface area contributed by atoms with Crippen LogP contribution in [0.4, 0.5) is 0 Å². The summed E-state index contributed by atoms with van der Waals surface area (Å²) in [6.07, 6.45) is 2.02. The normalized spacial score (nSPS) is 13.9. The van der Waals surface area contributed by atoms with Gasteiger partial charge in [0.2, 0.25) is 0 Å². The van der Waals surface area contributed by atoms with Gasteiger partial charge in [0.1, 0.15) is 17.9 Å². The topological polar surface area (TPSA) is 92.4 Å². The number of carbonyl (C=O) groups excluding carboxylic acids is 2. The number of aromatic amines is 1. The first-order chi connectivity index (χ1) is 9.93. The predicted molar refractivity (Wildman–Crippen MR) is 75.2 cm³/mol. The third kappa shape index (κ3) is 3.48. The molecule has 1 heterocycles. The highest BCUT2D eigenvalue weighted by Crippen LogP contribution is 2.37. The molecule has 0 aliphatic heterocycles. The van der Waals surface area contributed by atoms with Gasteiger partial charge in [-0.25, -0.2) is 4.98 Å². The smallest absolute Gasteiger partial charge is 0.325 e. The van der Waals surface area contributed by atoms with Crippen molar-refractivity contribution in [3.8, 4) is 0 Å². The molecular weight excluding hydrogens is 274 g/mol. The van der Waals surface area contributed by atoms with E-state index in [2.05, 4.69) is 9.97 Å². The number of aryl methyl sites for hydroxylation is 1. The van der Waals surface area contributed by atoms with Crippen molar-refractivity contribution in [2.75, 3.05) is 20.2 Å². The average molecular weight is 293 g/mol. The molecule has 0 atom stereocenters. The van der Waals surface area contributed by atoms with Gasteiger partial charge in [0.25, 0.3) is 11.5 Å². The molecule has 1 saturated carbocycles. The number of hydrogen-bond donors (Lipinski definition) is 1. The first kappa shape index (κ1) is 15.2. The summed E-state index contributed by atoms with van der Waals surface area (Å²) in [4.78, 5) is 43.9. The summed E-state index contributed by atoms with van der Waals surface area (Å²) in [5.41, 5.74) is -0.0855. The Morgan fingerprint density at radius 1 is 1.43 bits per heavy atom. The monoisotopic (exact) mass is 293 g/mol. The number of ether oxygens (including phenoxy) is 1. The summed E-state index contributed by atoms with van der Waals surface area (Å²) in [5.74, 6) is -0.0958. The zero-order valence-corrected chi connectivity index (χ0v) is 12.4. The third-order valence-electron chi connectivity index (χ3n) is 3.31. The van der Waals surface area contributed by atoms with Crippen LogP contribution in [0.2, 0.25) is 0 Å². The number of likely N-dealkylation sites (N-methyl/N-ethyl adjacent to an activating group) is 1. The zero-order chi connectivity index (χ0) is 15.6. The minimum absolute atomic E-state index is 0.0220. The van der Waals surface area contributed by atoms with Crippen LogP contribution >= 0.6 is 0 Å². The van der Waals surface area contributed by atoms with Gasteiger partial charge >= 0.3 is 5.97 Å². The number of nitrogens with zero attached hydrogens (tertiary/aromatic N) is 2. The first-order valence-corrected chi connectivity index (χ1v) is 6.96. The molecule has 0 radical (unpaired) electrons. The Labute approximate surface area is 122 Å². The lowest BCUT2D eigenvalue weighted by molar-refractivity contribution is -0.143. The van der Waals surface area contributed by atoms with E-state index in [0.717, 1.165) is 17.7 Å². The van der Waals surface area contributed by atoms with E-state index in [1.807, 2.05) is 0 Å². The molecule has 0 unspecified atom stereocenters. The zero-order valence-electron chi connectivity index (χ0n) is 12.4. The van der Waals surface area contributed by atoms with Crippen LogP contribution < -0.4 is 5.56 Å². The molecule has 0 spiro atoms. The second-order valence-corrected chi connectivity index (χ2v) is 5.15. The molecule has 1 amide bonds. The van der Waals surface area contributed by atoms with E-state index >= 15 is 0 Å². The van der Waals surface area contributed by atoms with E-state index in [1.54, 1.807) is 13.8 Å². The Hall–Kier alpha value is -2.18. The number of carbonyl (C=O) groups is 2. The molecule has 1 aromatic rings. The van der Waals surface area contributed by atoms with Crippen molar-refractivity contribution in [1.82, 2.24) is 14.9 Å². The number of amides is 1. The van der Waals surface area contributed by atoms with Gasteiger partial charge in [0.15, 0.2) is 0 Å². The maximum atomic E-state index is 12.3. The first-order valence-electron chi connectivity index (χ1n) is 6.96. The molecule has 21 heavy (non-hydrogen) atoms. The standard InChI is InChI=1S/C14H19N3O4/c1-4-21-10(18)7-17(3)14(20)11-8(2)15-12(9-5-6-9)16-13(11)19/h9H,4-7H2,1-3H3,(H,15,16,19). The van der Waals surface area contributed by atoms with Crippen molar-refractivity contribution < 1.29 is 14.3 Å². The van der Waals surface area contributed by atoms with Crippen LogP contribution in [0.25, 0.3) is 0 Å². The Balaban J connectivity index is 2.18. The molecule has 0 bridgehead atoms. The molecule has 1 aliphatic rings. The van der Waals surface area contributed by atoms with Crippen molar-refractivity contribution in [2.45, 2.75) is 32.6 Å². The Morgan fingerprint density at radius 3 is 2.62 bits per heavy atom. The molecule has 2 rings (SSSR count). The number of nitrogens with one attached hydrogen (secondary N) is 1. The summed E-state index contributed by atoms with van der Waals surface area (Å²) in [6.45, 7) is 3.37. The minimum atomic E-state index is -0.531. The highest BCUT2D eigenvalue weighted by Gasteiger charge is 2.28. The summed E-state index contributed by atoms with van der Waals surface area (Å²) in [5, 5.41) is 0. The van der Waals surface area contributed by atoms with Gasteiger partial charge in [-0.05, 0) is 26.7 Å². The molecule has 7 nitrogen and oxygen atoms in total. The lowest BCUT2D eigenvalue weighted by Crippen LogP contribution is -2.37. The summed E-state index contributed by atoms with van der Waals surface area (Å²) < 4.78 is 4.78. The van der Waals surface area contributed by atoms with Crippen LogP contribution in [-0.2, 0) is 9.53 Å². The second-order valence-electron chi connectivity index (χ2n) is 5.15. The number of hydrogen-bond acceptors (Lipinski definition) is 5. The maximum absolute atomic E-state index is 12.3. The molecule has 1 N–H and O–H groups in total. The fourth-order valence-electron chi connectivity index (χ4n) is 2.07. The third-order valence-corrected chi connectivity index (χ3v) is 3.31. The van der Waals surface area contributed by atoms with Crippen molar-refractivity contribution in [3.63, 3.8) is 0 Å². The average Bonchev–Trinajstić information content (AvgIpc) is 3.21. The number of H-pyrrole nitrogens is 1. The van der Waals surface area contributed by atoms with E-state index in [9.17, 15) is 14.4 Å². The van der Waals surface area contributed by atoms with Gasteiger partial charge in [-0.2, -0.15) is 0 Å². The second kappa shape index (κ2) is 6.07. The SMILES string of the molecule is CCOC(=O)CN(C)C(=O)c1c(C)nc(C2CC2)[nH]c1=O. The maximum Gasteiger partial charge on any atom is 0.325 e.